The van der Waals surface area contributed by atoms with Gasteiger partial charge in [-0.1, -0.05) is 41.9 Å². The van der Waals surface area contributed by atoms with Crippen LogP contribution in [0, 0.1) is 6.92 Å². The Morgan fingerprint density at radius 1 is 1.14 bits per heavy atom. The van der Waals surface area contributed by atoms with Gasteiger partial charge in [0.25, 0.3) is 5.56 Å². The number of benzene rings is 2. The molecule has 29 heavy (non-hydrogen) atoms. The van der Waals surface area contributed by atoms with E-state index in [-0.39, 0.29) is 11.6 Å². The number of anilines is 2. The molecule has 2 heterocycles. The predicted molar refractivity (Wildman–Crippen MR) is 118 cm³/mol. The van der Waals surface area contributed by atoms with Crippen molar-refractivity contribution in [3.05, 3.63) is 87.6 Å². The van der Waals surface area contributed by atoms with Crippen LogP contribution in [-0.2, 0) is 0 Å². The summed E-state index contributed by atoms with van der Waals surface area (Å²) in [4.78, 5) is 22.0. The molecule has 6 nitrogen and oxygen atoms in total. The van der Waals surface area contributed by atoms with Gasteiger partial charge in [-0.2, -0.15) is 0 Å². The van der Waals surface area contributed by atoms with Gasteiger partial charge < -0.3 is 11.1 Å². The van der Waals surface area contributed by atoms with Crippen LogP contribution in [0.2, 0.25) is 5.02 Å². The van der Waals surface area contributed by atoms with Gasteiger partial charge >= 0.3 is 0 Å². The minimum atomic E-state index is -0.249. The molecule has 0 amide bonds. The molecule has 0 saturated heterocycles. The average Bonchev–Trinajstić information content (AvgIpc) is 2.71. The number of pyridine rings is 1. The normalized spacial score (nSPS) is 12.1. The number of nitrogens with one attached hydrogen (secondary N) is 1. The van der Waals surface area contributed by atoms with E-state index in [1.165, 1.54) is 6.20 Å². The minimum absolute atomic E-state index is 0.168. The lowest BCUT2D eigenvalue weighted by Gasteiger charge is -2.22. The Balaban J connectivity index is 1.93. The SMILES string of the molecule is Cc1ncc(N)nc1N[C@@H](C)c1cc2cccc(Cl)c2c(=O)n1-c1ccccc1. The molecule has 0 aliphatic heterocycles. The van der Waals surface area contributed by atoms with Crippen LogP contribution < -0.4 is 16.6 Å². The van der Waals surface area contributed by atoms with Gasteiger partial charge in [-0.15, -0.1) is 0 Å². The van der Waals surface area contributed by atoms with Crippen molar-refractivity contribution in [3.8, 4) is 5.69 Å². The molecule has 4 rings (SSSR count). The number of rotatable bonds is 4. The van der Waals surface area contributed by atoms with Crippen molar-refractivity contribution in [2.75, 3.05) is 11.1 Å². The van der Waals surface area contributed by atoms with Crippen LogP contribution in [-0.4, -0.2) is 14.5 Å². The van der Waals surface area contributed by atoms with Crippen LogP contribution in [0.15, 0.2) is 65.6 Å². The van der Waals surface area contributed by atoms with Crippen molar-refractivity contribution >= 4 is 34.0 Å². The van der Waals surface area contributed by atoms with Crippen molar-refractivity contribution in [2.24, 2.45) is 0 Å². The standard InChI is InChI=1S/C22H20ClN5O/c1-13(26-21-14(2)25-12-19(24)27-21)18-11-15-7-6-10-17(23)20(15)22(29)28(18)16-8-4-3-5-9-16/h3-13H,1-2H3,(H3,24,26,27)/t13-/m0/s1. The first kappa shape index (κ1) is 19.0. The summed E-state index contributed by atoms with van der Waals surface area (Å²) < 4.78 is 1.68. The number of aromatic nitrogens is 3. The van der Waals surface area contributed by atoms with Gasteiger partial charge in [0.05, 0.1) is 28.3 Å². The van der Waals surface area contributed by atoms with Gasteiger partial charge in [0.15, 0.2) is 0 Å². The molecule has 1 atom stereocenters. The molecule has 0 saturated carbocycles. The van der Waals surface area contributed by atoms with Gasteiger partial charge in [0.1, 0.15) is 11.6 Å². The van der Waals surface area contributed by atoms with E-state index in [1.807, 2.05) is 62.4 Å². The lowest BCUT2D eigenvalue weighted by atomic mass is 10.1. The molecule has 3 N–H and O–H groups in total. The number of fused-ring (bicyclic) bond motifs is 1. The molecule has 2 aromatic heterocycles. The lowest BCUT2D eigenvalue weighted by Crippen LogP contribution is -2.26. The third-order valence-corrected chi connectivity index (χ3v) is 5.12. The Kier molecular flexibility index (Phi) is 4.94. The molecule has 0 bridgehead atoms. The number of nitrogens with two attached hydrogens (primary N) is 1. The van der Waals surface area contributed by atoms with Gasteiger partial charge in [0.2, 0.25) is 0 Å². The zero-order valence-corrected chi connectivity index (χ0v) is 16.8. The molecule has 2 aromatic carbocycles. The Morgan fingerprint density at radius 3 is 2.66 bits per heavy atom. The summed E-state index contributed by atoms with van der Waals surface area (Å²) in [5.74, 6) is 0.909. The quantitative estimate of drug-likeness (QED) is 0.522. The molecule has 4 aromatic rings. The molecule has 146 valence electrons. The topological polar surface area (TPSA) is 85.8 Å². The van der Waals surface area contributed by atoms with Crippen LogP contribution in [0.5, 0.6) is 0 Å². The first-order valence-corrected chi connectivity index (χ1v) is 9.59. The second-order valence-corrected chi connectivity index (χ2v) is 7.25. The molecular weight excluding hydrogens is 386 g/mol. The first-order valence-electron chi connectivity index (χ1n) is 9.21. The zero-order valence-electron chi connectivity index (χ0n) is 16.1. The molecule has 0 fully saturated rings. The molecule has 0 radical (unpaired) electrons. The molecular formula is C22H20ClN5O. The lowest BCUT2D eigenvalue weighted by molar-refractivity contribution is 0.771. The summed E-state index contributed by atoms with van der Waals surface area (Å²) in [6.45, 7) is 3.82. The summed E-state index contributed by atoms with van der Waals surface area (Å²) in [6.07, 6.45) is 1.52. The molecule has 0 aliphatic rings. The monoisotopic (exact) mass is 405 g/mol. The average molecular weight is 406 g/mol. The Labute approximate surface area is 173 Å². The van der Waals surface area contributed by atoms with Crippen LogP contribution >= 0.6 is 11.6 Å². The second kappa shape index (κ2) is 7.56. The van der Waals surface area contributed by atoms with Crippen molar-refractivity contribution in [2.45, 2.75) is 19.9 Å². The number of aryl methyl sites for hydroxylation is 1. The fourth-order valence-corrected chi connectivity index (χ4v) is 3.64. The highest BCUT2D eigenvalue weighted by atomic mass is 35.5. The van der Waals surface area contributed by atoms with E-state index < -0.39 is 0 Å². The van der Waals surface area contributed by atoms with Crippen molar-refractivity contribution < 1.29 is 0 Å². The number of hydrogen-bond donors (Lipinski definition) is 2. The maximum Gasteiger partial charge on any atom is 0.264 e. The Morgan fingerprint density at radius 2 is 1.90 bits per heavy atom. The third kappa shape index (κ3) is 3.54. The van der Waals surface area contributed by atoms with Crippen molar-refractivity contribution in [1.82, 2.24) is 14.5 Å². The van der Waals surface area contributed by atoms with Gasteiger partial charge in [-0.05, 0) is 43.5 Å². The van der Waals surface area contributed by atoms with Crippen LogP contribution in [0.25, 0.3) is 16.5 Å². The first-order chi connectivity index (χ1) is 14.0. The van der Waals surface area contributed by atoms with Crippen LogP contribution in [0.4, 0.5) is 11.6 Å². The van der Waals surface area contributed by atoms with E-state index in [9.17, 15) is 4.79 Å². The number of para-hydroxylation sites is 1. The fraction of sp³-hybridized carbons (Fsp3) is 0.136. The number of hydrogen-bond acceptors (Lipinski definition) is 5. The molecule has 0 aliphatic carbocycles. The van der Waals surface area contributed by atoms with E-state index >= 15 is 0 Å². The highest BCUT2D eigenvalue weighted by Gasteiger charge is 2.18. The highest BCUT2D eigenvalue weighted by Crippen LogP contribution is 2.27. The summed E-state index contributed by atoms with van der Waals surface area (Å²) >= 11 is 6.36. The summed E-state index contributed by atoms with van der Waals surface area (Å²) in [5, 5.41) is 5.05. The van der Waals surface area contributed by atoms with E-state index in [0.29, 0.717) is 22.0 Å². The molecule has 0 spiro atoms. The maximum absolute atomic E-state index is 13.5. The smallest absolute Gasteiger partial charge is 0.264 e. The second-order valence-electron chi connectivity index (χ2n) is 6.84. The third-order valence-electron chi connectivity index (χ3n) is 4.81. The van der Waals surface area contributed by atoms with E-state index in [2.05, 4.69) is 15.3 Å². The summed E-state index contributed by atoms with van der Waals surface area (Å²) in [7, 11) is 0. The highest BCUT2D eigenvalue weighted by molar-refractivity contribution is 6.35. The maximum atomic E-state index is 13.5. The Bertz CT molecular complexity index is 1250. The van der Waals surface area contributed by atoms with Crippen LogP contribution in [0.1, 0.15) is 24.4 Å². The van der Waals surface area contributed by atoms with Gasteiger partial charge in [-0.25, -0.2) is 4.98 Å². The van der Waals surface area contributed by atoms with Gasteiger partial charge in [-0.3, -0.25) is 14.3 Å². The molecule has 0 unspecified atom stereocenters. The molecule has 7 heteroatoms. The van der Waals surface area contributed by atoms with Gasteiger partial charge in [0, 0.05) is 11.4 Å². The summed E-state index contributed by atoms with van der Waals surface area (Å²) in [5.41, 5.74) is 7.89. The van der Waals surface area contributed by atoms with E-state index in [0.717, 1.165) is 22.5 Å². The van der Waals surface area contributed by atoms with Crippen molar-refractivity contribution in [1.29, 1.82) is 0 Å². The summed E-state index contributed by atoms with van der Waals surface area (Å²) in [6, 6.07) is 16.7. The van der Waals surface area contributed by atoms with E-state index in [1.54, 1.807) is 10.6 Å². The zero-order chi connectivity index (χ0) is 20.5. The Hall–Kier alpha value is -3.38. The van der Waals surface area contributed by atoms with E-state index in [4.69, 9.17) is 17.3 Å². The number of nitrogens with zero attached hydrogens (tertiary/aromatic N) is 3. The minimum Gasteiger partial charge on any atom is -0.382 e. The van der Waals surface area contributed by atoms with Crippen LogP contribution in [0.3, 0.4) is 0 Å². The number of halogens is 1. The van der Waals surface area contributed by atoms with Crippen molar-refractivity contribution in [3.63, 3.8) is 0 Å². The fourth-order valence-electron chi connectivity index (χ4n) is 3.38. The predicted octanol–water partition coefficient (Wildman–Crippen LogP) is 4.50. The number of nitrogen functional groups attached to an aromatic ring is 1. The largest absolute Gasteiger partial charge is 0.382 e.